The Bertz CT molecular complexity index is 594. The minimum absolute atomic E-state index is 0.241. The van der Waals surface area contributed by atoms with Gasteiger partial charge in [-0.3, -0.25) is 10.1 Å². The van der Waals surface area contributed by atoms with Crippen LogP contribution in [-0.4, -0.2) is 25.8 Å². The van der Waals surface area contributed by atoms with E-state index in [1.54, 1.807) is 28.9 Å². The monoisotopic (exact) mass is 258 g/mol. The van der Waals surface area contributed by atoms with Crippen molar-refractivity contribution in [3.05, 3.63) is 41.7 Å². The fourth-order valence-corrected chi connectivity index (χ4v) is 2.14. The van der Waals surface area contributed by atoms with Crippen LogP contribution >= 0.6 is 0 Å². The molecule has 0 radical (unpaired) electrons. The van der Waals surface area contributed by atoms with Gasteiger partial charge in [0, 0.05) is 12.1 Å². The average molecular weight is 258 g/mol. The van der Waals surface area contributed by atoms with Gasteiger partial charge in [0.05, 0.1) is 0 Å². The predicted octanol–water partition coefficient (Wildman–Crippen LogP) is 1.36. The van der Waals surface area contributed by atoms with E-state index in [0.29, 0.717) is 17.8 Å². The van der Waals surface area contributed by atoms with E-state index in [2.05, 4.69) is 15.4 Å². The first-order valence-corrected chi connectivity index (χ1v) is 6.23. The highest BCUT2D eigenvalue weighted by atomic mass is 16.3. The van der Waals surface area contributed by atoms with Gasteiger partial charge in [-0.1, -0.05) is 18.2 Å². The molecule has 0 aliphatic carbocycles. The van der Waals surface area contributed by atoms with Gasteiger partial charge in [0.2, 0.25) is 5.95 Å². The standard InChI is InChI=1S/C13H14N4O2/c18-10-7-4-8-17-11(10)14-13(16-17)15-12(19)9-5-2-1-3-6-9/h1-3,5-6,10,18H,4,7-8H2,(H,15,16,19). The lowest BCUT2D eigenvalue weighted by Gasteiger charge is -2.16. The number of amides is 1. The Labute approximate surface area is 110 Å². The molecule has 2 aromatic rings. The van der Waals surface area contributed by atoms with E-state index in [1.165, 1.54) is 0 Å². The van der Waals surface area contributed by atoms with Crippen LogP contribution in [0.1, 0.15) is 35.1 Å². The molecule has 1 aliphatic heterocycles. The Kier molecular flexibility index (Phi) is 3.00. The van der Waals surface area contributed by atoms with Crippen LogP contribution in [0.25, 0.3) is 0 Å². The van der Waals surface area contributed by atoms with Crippen LogP contribution < -0.4 is 5.32 Å². The summed E-state index contributed by atoms with van der Waals surface area (Å²) in [6.07, 6.45) is 0.956. The number of rotatable bonds is 2. The zero-order valence-corrected chi connectivity index (χ0v) is 10.3. The Morgan fingerprint density at radius 1 is 1.37 bits per heavy atom. The molecule has 1 amide bonds. The van der Waals surface area contributed by atoms with Gasteiger partial charge in [0.15, 0.2) is 5.82 Å². The van der Waals surface area contributed by atoms with E-state index >= 15 is 0 Å². The Balaban J connectivity index is 1.79. The van der Waals surface area contributed by atoms with Gasteiger partial charge in [0.25, 0.3) is 5.91 Å². The summed E-state index contributed by atoms with van der Waals surface area (Å²) in [6, 6.07) is 8.88. The number of nitrogens with one attached hydrogen (secondary N) is 1. The molecule has 0 fully saturated rings. The van der Waals surface area contributed by atoms with E-state index in [1.807, 2.05) is 6.07 Å². The van der Waals surface area contributed by atoms with E-state index in [0.717, 1.165) is 13.0 Å². The molecule has 0 spiro atoms. The van der Waals surface area contributed by atoms with E-state index in [4.69, 9.17) is 0 Å². The van der Waals surface area contributed by atoms with Crippen molar-refractivity contribution in [2.75, 3.05) is 5.32 Å². The molecule has 2 N–H and O–H groups in total. The van der Waals surface area contributed by atoms with Crippen molar-refractivity contribution >= 4 is 11.9 Å². The number of fused-ring (bicyclic) bond motifs is 1. The molecule has 98 valence electrons. The highest BCUT2D eigenvalue weighted by Crippen LogP contribution is 2.23. The maximum atomic E-state index is 11.9. The highest BCUT2D eigenvalue weighted by Gasteiger charge is 2.22. The molecule has 1 aromatic carbocycles. The minimum Gasteiger partial charge on any atom is -0.385 e. The van der Waals surface area contributed by atoms with Crippen LogP contribution in [0.15, 0.2) is 30.3 Å². The Hall–Kier alpha value is -2.21. The molecule has 0 saturated heterocycles. The van der Waals surface area contributed by atoms with Crippen molar-refractivity contribution in [2.24, 2.45) is 0 Å². The van der Waals surface area contributed by atoms with E-state index in [9.17, 15) is 9.90 Å². The van der Waals surface area contributed by atoms with Crippen LogP contribution in [0, 0.1) is 0 Å². The lowest BCUT2D eigenvalue weighted by Crippen LogP contribution is -2.16. The Morgan fingerprint density at radius 2 is 2.16 bits per heavy atom. The number of hydrogen-bond donors (Lipinski definition) is 2. The highest BCUT2D eigenvalue weighted by molar-refractivity contribution is 6.03. The fraction of sp³-hybridized carbons (Fsp3) is 0.308. The molecule has 1 unspecified atom stereocenters. The zero-order chi connectivity index (χ0) is 13.2. The van der Waals surface area contributed by atoms with Gasteiger partial charge in [-0.25, -0.2) is 4.68 Å². The van der Waals surface area contributed by atoms with Crippen molar-refractivity contribution in [2.45, 2.75) is 25.5 Å². The first kappa shape index (κ1) is 11.9. The second-order valence-corrected chi connectivity index (χ2v) is 4.49. The molecule has 19 heavy (non-hydrogen) atoms. The minimum atomic E-state index is -0.594. The number of hydrogen-bond acceptors (Lipinski definition) is 4. The van der Waals surface area contributed by atoms with Crippen molar-refractivity contribution in [3.8, 4) is 0 Å². The molecule has 2 heterocycles. The van der Waals surface area contributed by atoms with Crippen LogP contribution in [-0.2, 0) is 6.54 Å². The van der Waals surface area contributed by atoms with E-state index in [-0.39, 0.29) is 11.9 Å². The SMILES string of the molecule is O=C(Nc1nc2n(n1)CCCC2O)c1ccccc1. The molecular weight excluding hydrogens is 244 g/mol. The molecule has 3 rings (SSSR count). The molecule has 1 atom stereocenters. The number of aryl methyl sites for hydroxylation is 1. The van der Waals surface area contributed by atoms with Crippen molar-refractivity contribution in [3.63, 3.8) is 0 Å². The van der Waals surface area contributed by atoms with Crippen molar-refractivity contribution < 1.29 is 9.90 Å². The summed E-state index contributed by atoms with van der Waals surface area (Å²) in [5.41, 5.74) is 0.552. The molecule has 1 aliphatic rings. The van der Waals surface area contributed by atoms with Crippen LogP contribution in [0.5, 0.6) is 0 Å². The number of anilines is 1. The first-order chi connectivity index (χ1) is 9.24. The molecule has 6 heteroatoms. The summed E-state index contributed by atoms with van der Waals surface area (Å²) < 4.78 is 1.65. The summed E-state index contributed by atoms with van der Waals surface area (Å²) in [6.45, 7) is 0.723. The van der Waals surface area contributed by atoms with Gasteiger partial charge in [-0.05, 0) is 25.0 Å². The lowest BCUT2D eigenvalue weighted by atomic mass is 10.1. The first-order valence-electron chi connectivity index (χ1n) is 6.23. The lowest BCUT2D eigenvalue weighted by molar-refractivity contribution is 0.102. The van der Waals surface area contributed by atoms with Crippen LogP contribution in [0.2, 0.25) is 0 Å². The summed E-state index contributed by atoms with van der Waals surface area (Å²) in [4.78, 5) is 16.1. The number of carbonyl (C=O) groups excluding carboxylic acids is 1. The quantitative estimate of drug-likeness (QED) is 0.852. The van der Waals surface area contributed by atoms with Crippen LogP contribution in [0.4, 0.5) is 5.95 Å². The van der Waals surface area contributed by atoms with Gasteiger partial charge in [-0.2, -0.15) is 4.98 Å². The number of benzene rings is 1. The summed E-state index contributed by atoms with van der Waals surface area (Å²) in [7, 11) is 0. The maximum Gasteiger partial charge on any atom is 0.258 e. The second kappa shape index (κ2) is 4.81. The molecule has 0 bridgehead atoms. The molecular formula is C13H14N4O2. The number of aromatic nitrogens is 3. The van der Waals surface area contributed by atoms with Gasteiger partial charge >= 0.3 is 0 Å². The summed E-state index contributed by atoms with van der Waals surface area (Å²) >= 11 is 0. The topological polar surface area (TPSA) is 80.0 Å². The zero-order valence-electron chi connectivity index (χ0n) is 10.3. The molecule has 6 nitrogen and oxygen atoms in total. The largest absolute Gasteiger partial charge is 0.385 e. The average Bonchev–Trinajstić information content (AvgIpc) is 2.84. The third kappa shape index (κ3) is 2.34. The van der Waals surface area contributed by atoms with Gasteiger partial charge in [0.1, 0.15) is 6.10 Å². The summed E-state index contributed by atoms with van der Waals surface area (Å²) in [5.74, 6) is 0.512. The smallest absolute Gasteiger partial charge is 0.258 e. The molecule has 1 aromatic heterocycles. The van der Waals surface area contributed by atoms with Crippen molar-refractivity contribution in [1.82, 2.24) is 14.8 Å². The fourth-order valence-electron chi connectivity index (χ4n) is 2.14. The van der Waals surface area contributed by atoms with Crippen LogP contribution in [0.3, 0.4) is 0 Å². The molecule has 0 saturated carbocycles. The predicted molar refractivity (Wildman–Crippen MR) is 68.6 cm³/mol. The van der Waals surface area contributed by atoms with Gasteiger partial charge < -0.3 is 5.11 Å². The number of nitrogens with zero attached hydrogens (tertiary/aromatic N) is 3. The number of carbonyl (C=O) groups is 1. The maximum absolute atomic E-state index is 11.9. The summed E-state index contributed by atoms with van der Waals surface area (Å²) in [5, 5.41) is 16.6. The normalized spacial score (nSPS) is 17.8. The number of aliphatic hydroxyl groups is 1. The van der Waals surface area contributed by atoms with E-state index < -0.39 is 6.10 Å². The third-order valence-corrected chi connectivity index (χ3v) is 3.11. The number of aliphatic hydroxyl groups excluding tert-OH is 1. The second-order valence-electron chi connectivity index (χ2n) is 4.49. The van der Waals surface area contributed by atoms with Crippen molar-refractivity contribution in [1.29, 1.82) is 0 Å². The third-order valence-electron chi connectivity index (χ3n) is 3.11. The van der Waals surface area contributed by atoms with Gasteiger partial charge in [-0.15, -0.1) is 5.10 Å². The Morgan fingerprint density at radius 3 is 2.89 bits per heavy atom.